The van der Waals surface area contributed by atoms with Crippen LogP contribution in [0.25, 0.3) is 27.7 Å². The molecule has 0 radical (unpaired) electrons. The number of ether oxygens (including phenoxy) is 3. The highest BCUT2D eigenvalue weighted by molar-refractivity contribution is 6.30. The van der Waals surface area contributed by atoms with Crippen LogP contribution in [-0.2, 0) is 4.79 Å². The summed E-state index contributed by atoms with van der Waals surface area (Å²) in [6.45, 7) is 3.80. The second-order valence-electron chi connectivity index (χ2n) is 8.00. The van der Waals surface area contributed by atoms with E-state index in [2.05, 4.69) is 5.32 Å². The quantitative estimate of drug-likeness (QED) is 0.278. The van der Waals surface area contributed by atoms with Gasteiger partial charge in [0.25, 0.3) is 0 Å². The molecule has 0 unspecified atom stereocenters. The number of halogens is 1. The molecule has 35 heavy (non-hydrogen) atoms. The van der Waals surface area contributed by atoms with Gasteiger partial charge in [0.2, 0.25) is 5.91 Å². The smallest absolute Gasteiger partial charge is 0.248 e. The Bertz CT molecular complexity index is 1420. The zero-order chi connectivity index (χ0) is 25.1. The van der Waals surface area contributed by atoms with Gasteiger partial charge in [-0.2, -0.15) is 0 Å². The lowest BCUT2D eigenvalue weighted by Crippen LogP contribution is -2.08. The Balaban J connectivity index is 1.80. The summed E-state index contributed by atoms with van der Waals surface area (Å²) in [6, 6.07) is 14.5. The number of rotatable bonds is 7. The second kappa shape index (κ2) is 10.2. The Hall–Kier alpha value is -3.90. The van der Waals surface area contributed by atoms with Crippen LogP contribution in [-0.4, -0.2) is 27.2 Å². The first kappa shape index (κ1) is 24.2. The number of hydrogen-bond acceptors (Lipinski definition) is 5. The summed E-state index contributed by atoms with van der Waals surface area (Å²) in [7, 11) is 4.85. The van der Waals surface area contributed by atoms with Gasteiger partial charge in [-0.15, -0.1) is 0 Å². The minimum Gasteiger partial charge on any atom is -0.497 e. The summed E-state index contributed by atoms with van der Waals surface area (Å²) in [5, 5.41) is 4.33. The van der Waals surface area contributed by atoms with E-state index in [1.54, 1.807) is 57.9 Å². The van der Waals surface area contributed by atoms with E-state index >= 15 is 0 Å². The van der Waals surface area contributed by atoms with E-state index in [1.165, 1.54) is 0 Å². The van der Waals surface area contributed by atoms with Crippen LogP contribution in [0.4, 0.5) is 5.69 Å². The van der Waals surface area contributed by atoms with Crippen LogP contribution in [0.2, 0.25) is 5.02 Å². The van der Waals surface area contributed by atoms with Crippen molar-refractivity contribution in [3.05, 3.63) is 77.0 Å². The monoisotopic (exact) mass is 491 g/mol. The predicted molar refractivity (Wildman–Crippen MR) is 140 cm³/mol. The molecule has 0 aliphatic heterocycles. The van der Waals surface area contributed by atoms with Crippen LogP contribution in [0, 0.1) is 6.92 Å². The minimum atomic E-state index is -0.258. The third-order valence-electron chi connectivity index (χ3n) is 5.83. The standard InChI is InChI=1S/C28H26ClNO5/c1-16(12-26(31)30-19-8-6-18(29)7-9-19)21-14-23-24(15-35-28(23)17(2)27(21)34-5)22-13-20(32-3)10-11-25(22)33-4/h6-15H,1-5H3,(H,30,31)/b16-12+. The highest BCUT2D eigenvalue weighted by Gasteiger charge is 2.20. The molecule has 1 N–H and O–H groups in total. The number of carbonyl (C=O) groups is 1. The average molecular weight is 492 g/mol. The average Bonchev–Trinajstić information content (AvgIpc) is 3.29. The molecule has 0 spiro atoms. The Kier molecular flexibility index (Phi) is 7.03. The van der Waals surface area contributed by atoms with Crippen molar-refractivity contribution >= 4 is 39.7 Å². The maximum Gasteiger partial charge on any atom is 0.248 e. The molecule has 4 rings (SSSR count). The van der Waals surface area contributed by atoms with Gasteiger partial charge in [-0.1, -0.05) is 11.6 Å². The van der Waals surface area contributed by atoms with Gasteiger partial charge in [-0.3, -0.25) is 4.79 Å². The van der Waals surface area contributed by atoms with Crippen molar-refractivity contribution in [2.75, 3.05) is 26.6 Å². The lowest BCUT2D eigenvalue weighted by atomic mass is 9.96. The second-order valence-corrected chi connectivity index (χ2v) is 8.43. The van der Waals surface area contributed by atoms with E-state index in [0.29, 0.717) is 33.5 Å². The Morgan fingerprint density at radius 1 is 0.971 bits per heavy atom. The van der Waals surface area contributed by atoms with Gasteiger partial charge in [0.05, 0.1) is 27.6 Å². The summed E-state index contributed by atoms with van der Waals surface area (Å²) >= 11 is 5.93. The number of carbonyl (C=O) groups excluding carboxylic acids is 1. The van der Waals surface area contributed by atoms with Crippen LogP contribution in [0.15, 0.2) is 65.3 Å². The molecule has 3 aromatic carbocycles. The van der Waals surface area contributed by atoms with Crippen molar-refractivity contribution in [2.45, 2.75) is 13.8 Å². The molecule has 1 heterocycles. The van der Waals surface area contributed by atoms with Gasteiger partial charge < -0.3 is 23.9 Å². The van der Waals surface area contributed by atoms with Gasteiger partial charge in [0.15, 0.2) is 0 Å². The third-order valence-corrected chi connectivity index (χ3v) is 6.08. The first-order chi connectivity index (χ1) is 16.9. The topological polar surface area (TPSA) is 69.9 Å². The van der Waals surface area contributed by atoms with Crippen LogP contribution in [0.3, 0.4) is 0 Å². The molecule has 6 nitrogen and oxygen atoms in total. The van der Waals surface area contributed by atoms with E-state index in [4.69, 9.17) is 30.2 Å². The number of anilines is 1. The number of methoxy groups -OCH3 is 3. The van der Waals surface area contributed by atoms with Crippen LogP contribution >= 0.6 is 11.6 Å². The van der Waals surface area contributed by atoms with E-state index in [0.717, 1.165) is 33.2 Å². The summed E-state index contributed by atoms with van der Waals surface area (Å²) in [6.07, 6.45) is 3.24. The fourth-order valence-electron chi connectivity index (χ4n) is 4.09. The first-order valence-electron chi connectivity index (χ1n) is 10.9. The van der Waals surface area contributed by atoms with Crippen molar-refractivity contribution in [1.82, 2.24) is 0 Å². The van der Waals surface area contributed by atoms with E-state index in [-0.39, 0.29) is 5.91 Å². The largest absolute Gasteiger partial charge is 0.497 e. The van der Waals surface area contributed by atoms with Crippen LogP contribution in [0.5, 0.6) is 17.2 Å². The fraction of sp³-hybridized carbons (Fsp3) is 0.179. The molecule has 7 heteroatoms. The summed E-state index contributed by atoms with van der Waals surface area (Å²) in [5.74, 6) is 1.78. The van der Waals surface area contributed by atoms with Crippen molar-refractivity contribution in [3.8, 4) is 28.4 Å². The van der Waals surface area contributed by atoms with E-state index in [9.17, 15) is 4.79 Å². The molecule has 0 atom stereocenters. The maximum absolute atomic E-state index is 12.7. The SMILES string of the molecule is COc1ccc(OC)c(-c2coc3c(C)c(OC)c(/C(C)=C/C(=O)Nc4ccc(Cl)cc4)cc23)c1. The molecule has 0 aliphatic carbocycles. The molecule has 1 amide bonds. The van der Waals surface area contributed by atoms with Crippen LogP contribution < -0.4 is 19.5 Å². The Labute approximate surface area is 209 Å². The summed E-state index contributed by atoms with van der Waals surface area (Å²) < 4.78 is 22.7. The summed E-state index contributed by atoms with van der Waals surface area (Å²) in [4.78, 5) is 12.7. The van der Waals surface area contributed by atoms with Crippen molar-refractivity contribution in [3.63, 3.8) is 0 Å². The fourth-order valence-corrected chi connectivity index (χ4v) is 4.22. The normalized spacial score (nSPS) is 11.4. The number of fused-ring (bicyclic) bond motifs is 1. The van der Waals surface area contributed by atoms with Crippen molar-refractivity contribution in [1.29, 1.82) is 0 Å². The van der Waals surface area contributed by atoms with E-state index < -0.39 is 0 Å². The number of allylic oxidation sites excluding steroid dienone is 1. The molecule has 0 bridgehead atoms. The maximum atomic E-state index is 12.7. The Morgan fingerprint density at radius 2 is 1.71 bits per heavy atom. The number of hydrogen-bond donors (Lipinski definition) is 1. The molecule has 0 saturated carbocycles. The molecular weight excluding hydrogens is 466 g/mol. The highest BCUT2D eigenvalue weighted by Crippen LogP contribution is 2.43. The van der Waals surface area contributed by atoms with E-state index in [1.807, 2.05) is 38.1 Å². The van der Waals surface area contributed by atoms with Gasteiger partial charge >= 0.3 is 0 Å². The van der Waals surface area contributed by atoms with Gasteiger partial charge in [0, 0.05) is 44.4 Å². The van der Waals surface area contributed by atoms with Gasteiger partial charge in [0.1, 0.15) is 22.8 Å². The number of amides is 1. The number of nitrogens with one attached hydrogen (secondary N) is 1. The Morgan fingerprint density at radius 3 is 2.37 bits per heavy atom. The molecule has 0 saturated heterocycles. The highest BCUT2D eigenvalue weighted by atomic mass is 35.5. The number of benzene rings is 3. The van der Waals surface area contributed by atoms with Crippen molar-refractivity contribution in [2.24, 2.45) is 0 Å². The number of furan rings is 1. The number of aryl methyl sites for hydroxylation is 1. The minimum absolute atomic E-state index is 0.258. The zero-order valence-corrected chi connectivity index (χ0v) is 20.9. The van der Waals surface area contributed by atoms with Gasteiger partial charge in [-0.25, -0.2) is 0 Å². The van der Waals surface area contributed by atoms with Gasteiger partial charge in [-0.05, 0) is 68.0 Å². The molecule has 0 fully saturated rings. The lowest BCUT2D eigenvalue weighted by molar-refractivity contribution is -0.111. The molecule has 180 valence electrons. The third kappa shape index (κ3) is 4.84. The molecule has 0 aliphatic rings. The predicted octanol–water partition coefficient (Wildman–Crippen LogP) is 7.13. The van der Waals surface area contributed by atoms with Crippen LogP contribution in [0.1, 0.15) is 18.1 Å². The zero-order valence-electron chi connectivity index (χ0n) is 20.2. The lowest BCUT2D eigenvalue weighted by Gasteiger charge is -2.14. The summed E-state index contributed by atoms with van der Waals surface area (Å²) in [5.41, 5.74) is 5.40. The first-order valence-corrected chi connectivity index (χ1v) is 11.3. The molecule has 1 aromatic heterocycles. The molecule has 4 aromatic rings. The van der Waals surface area contributed by atoms with Crippen molar-refractivity contribution < 1.29 is 23.4 Å². The molecular formula is C28H26ClNO5.